The van der Waals surface area contributed by atoms with Gasteiger partial charge in [-0.1, -0.05) is 30.3 Å². The molecule has 2 aromatic carbocycles. The van der Waals surface area contributed by atoms with E-state index in [0.717, 1.165) is 17.7 Å². The molecule has 0 fully saturated rings. The zero-order valence-electron chi connectivity index (χ0n) is 12.9. The molecule has 3 rings (SSSR count). The fourth-order valence-corrected chi connectivity index (χ4v) is 3.24. The van der Waals surface area contributed by atoms with Crippen LogP contribution in [0.1, 0.15) is 35.6 Å². The molecule has 0 spiro atoms. The number of ether oxygens (including phenoxy) is 1. The van der Waals surface area contributed by atoms with Crippen LogP contribution in [0.5, 0.6) is 5.75 Å². The molecule has 2 nitrogen and oxygen atoms in total. The van der Waals surface area contributed by atoms with Crippen molar-refractivity contribution < 1.29 is 4.74 Å². The van der Waals surface area contributed by atoms with Crippen molar-refractivity contribution in [3.8, 4) is 5.75 Å². The molecule has 1 unspecified atom stereocenters. The van der Waals surface area contributed by atoms with Gasteiger partial charge in [-0.05, 0) is 67.0 Å². The van der Waals surface area contributed by atoms with Crippen molar-refractivity contribution in [2.45, 2.75) is 38.1 Å². The van der Waals surface area contributed by atoms with Crippen LogP contribution in [0.3, 0.4) is 0 Å². The summed E-state index contributed by atoms with van der Waals surface area (Å²) in [5, 5.41) is 0. The summed E-state index contributed by atoms with van der Waals surface area (Å²) in [6, 6.07) is 14.9. The molecule has 0 heterocycles. The third kappa shape index (κ3) is 2.96. The number of benzene rings is 2. The smallest absolute Gasteiger partial charge is 0.119 e. The van der Waals surface area contributed by atoms with Crippen LogP contribution in [0.15, 0.2) is 42.5 Å². The van der Waals surface area contributed by atoms with E-state index in [0.29, 0.717) is 0 Å². The van der Waals surface area contributed by atoms with Gasteiger partial charge < -0.3 is 10.5 Å². The van der Waals surface area contributed by atoms with Crippen LogP contribution in [0.25, 0.3) is 0 Å². The van der Waals surface area contributed by atoms with Gasteiger partial charge in [-0.25, -0.2) is 0 Å². The molecule has 1 atom stereocenters. The zero-order valence-corrected chi connectivity index (χ0v) is 12.9. The SMILES string of the molecule is COc1cccc(C(C)(N)Cc2ccc3c(c2)CCC3)c1. The summed E-state index contributed by atoms with van der Waals surface area (Å²) in [4.78, 5) is 0. The normalized spacial score (nSPS) is 16.3. The van der Waals surface area contributed by atoms with Gasteiger partial charge in [-0.2, -0.15) is 0 Å². The average Bonchev–Trinajstić information content (AvgIpc) is 2.94. The molecule has 0 bridgehead atoms. The van der Waals surface area contributed by atoms with Crippen LogP contribution >= 0.6 is 0 Å². The summed E-state index contributed by atoms with van der Waals surface area (Å²) in [5.74, 6) is 0.859. The molecule has 0 saturated carbocycles. The van der Waals surface area contributed by atoms with Gasteiger partial charge in [0, 0.05) is 5.54 Å². The van der Waals surface area contributed by atoms with E-state index in [2.05, 4.69) is 31.2 Å². The highest BCUT2D eigenvalue weighted by atomic mass is 16.5. The van der Waals surface area contributed by atoms with Gasteiger partial charge in [0.25, 0.3) is 0 Å². The predicted molar refractivity (Wildman–Crippen MR) is 86.7 cm³/mol. The summed E-state index contributed by atoms with van der Waals surface area (Å²) >= 11 is 0. The van der Waals surface area contributed by atoms with Gasteiger partial charge in [-0.15, -0.1) is 0 Å². The number of rotatable bonds is 4. The molecule has 21 heavy (non-hydrogen) atoms. The van der Waals surface area contributed by atoms with Gasteiger partial charge in [0.2, 0.25) is 0 Å². The van der Waals surface area contributed by atoms with E-state index < -0.39 is 0 Å². The van der Waals surface area contributed by atoms with Gasteiger partial charge in [0.15, 0.2) is 0 Å². The molecule has 0 radical (unpaired) electrons. The number of fused-ring (bicyclic) bond motifs is 1. The Hall–Kier alpha value is -1.80. The Balaban J connectivity index is 1.85. The summed E-state index contributed by atoms with van der Waals surface area (Å²) < 4.78 is 5.31. The fraction of sp³-hybridized carbons (Fsp3) is 0.368. The van der Waals surface area contributed by atoms with Gasteiger partial charge in [0.05, 0.1) is 7.11 Å². The minimum Gasteiger partial charge on any atom is -0.497 e. The van der Waals surface area contributed by atoms with E-state index >= 15 is 0 Å². The lowest BCUT2D eigenvalue weighted by atomic mass is 9.86. The number of methoxy groups -OCH3 is 1. The van der Waals surface area contributed by atoms with E-state index in [1.54, 1.807) is 7.11 Å². The number of nitrogens with two attached hydrogens (primary N) is 1. The summed E-state index contributed by atoms with van der Waals surface area (Å²) in [6.45, 7) is 2.09. The largest absolute Gasteiger partial charge is 0.497 e. The van der Waals surface area contributed by atoms with Crippen molar-refractivity contribution >= 4 is 0 Å². The molecule has 0 aromatic heterocycles. The van der Waals surface area contributed by atoms with Crippen LogP contribution in [0.4, 0.5) is 0 Å². The zero-order chi connectivity index (χ0) is 14.9. The van der Waals surface area contributed by atoms with Crippen LogP contribution in [0.2, 0.25) is 0 Å². The Kier molecular flexibility index (Phi) is 3.73. The Bertz CT molecular complexity index is 646. The molecule has 2 aromatic rings. The first-order valence-electron chi connectivity index (χ1n) is 7.62. The molecular formula is C19H23NO. The van der Waals surface area contributed by atoms with Crippen LogP contribution < -0.4 is 10.5 Å². The summed E-state index contributed by atoms with van der Waals surface area (Å²) in [6.07, 6.45) is 4.57. The highest BCUT2D eigenvalue weighted by molar-refractivity contribution is 5.38. The van der Waals surface area contributed by atoms with Crippen LogP contribution in [-0.2, 0) is 24.8 Å². The van der Waals surface area contributed by atoms with Crippen molar-refractivity contribution in [1.82, 2.24) is 0 Å². The maximum Gasteiger partial charge on any atom is 0.119 e. The molecule has 1 aliphatic rings. The quantitative estimate of drug-likeness (QED) is 0.929. The Morgan fingerprint density at radius 2 is 1.90 bits per heavy atom. The standard InChI is InChI=1S/C19H23NO/c1-19(20,17-7-4-8-18(12-17)21-2)13-14-9-10-15-5-3-6-16(15)11-14/h4,7-12H,3,5-6,13,20H2,1-2H3. The second-order valence-electron chi connectivity index (χ2n) is 6.28. The lowest BCUT2D eigenvalue weighted by molar-refractivity contribution is 0.410. The second kappa shape index (κ2) is 5.53. The van der Waals surface area contributed by atoms with Gasteiger partial charge in [-0.3, -0.25) is 0 Å². The Morgan fingerprint density at radius 1 is 1.10 bits per heavy atom. The minimum atomic E-state index is -0.388. The third-order valence-corrected chi connectivity index (χ3v) is 4.46. The number of hydrogen-bond acceptors (Lipinski definition) is 2. The monoisotopic (exact) mass is 281 g/mol. The number of aryl methyl sites for hydroxylation is 2. The topological polar surface area (TPSA) is 35.2 Å². The first-order chi connectivity index (χ1) is 10.1. The van der Waals surface area contributed by atoms with Crippen molar-refractivity contribution in [3.05, 3.63) is 64.7 Å². The van der Waals surface area contributed by atoms with E-state index in [1.165, 1.54) is 36.0 Å². The highest BCUT2D eigenvalue weighted by Crippen LogP contribution is 2.28. The Morgan fingerprint density at radius 3 is 2.71 bits per heavy atom. The second-order valence-corrected chi connectivity index (χ2v) is 6.28. The molecule has 2 N–H and O–H groups in total. The number of hydrogen-bond donors (Lipinski definition) is 1. The first kappa shape index (κ1) is 14.2. The maximum atomic E-state index is 6.58. The third-order valence-electron chi connectivity index (χ3n) is 4.46. The van der Waals surface area contributed by atoms with Crippen molar-refractivity contribution in [2.75, 3.05) is 7.11 Å². The Labute approximate surface area is 126 Å². The van der Waals surface area contributed by atoms with Crippen LogP contribution in [0, 0.1) is 0 Å². The van der Waals surface area contributed by atoms with E-state index in [4.69, 9.17) is 10.5 Å². The van der Waals surface area contributed by atoms with Crippen molar-refractivity contribution in [2.24, 2.45) is 5.73 Å². The maximum absolute atomic E-state index is 6.58. The lowest BCUT2D eigenvalue weighted by Crippen LogP contribution is -2.35. The summed E-state index contributed by atoms with van der Waals surface area (Å²) in [7, 11) is 1.69. The molecule has 1 aliphatic carbocycles. The highest BCUT2D eigenvalue weighted by Gasteiger charge is 2.23. The molecule has 110 valence electrons. The molecule has 0 saturated heterocycles. The molecule has 2 heteroatoms. The van der Waals surface area contributed by atoms with Crippen molar-refractivity contribution in [3.63, 3.8) is 0 Å². The van der Waals surface area contributed by atoms with Gasteiger partial charge >= 0.3 is 0 Å². The minimum absolute atomic E-state index is 0.388. The predicted octanol–water partition coefficient (Wildman–Crippen LogP) is 3.60. The molecule has 0 aliphatic heterocycles. The van der Waals surface area contributed by atoms with E-state index in [1.807, 2.05) is 18.2 Å². The fourth-order valence-electron chi connectivity index (χ4n) is 3.24. The summed E-state index contributed by atoms with van der Waals surface area (Å²) in [5.41, 5.74) is 11.7. The molecule has 0 amide bonds. The van der Waals surface area contributed by atoms with Crippen molar-refractivity contribution in [1.29, 1.82) is 0 Å². The van der Waals surface area contributed by atoms with E-state index in [9.17, 15) is 0 Å². The van der Waals surface area contributed by atoms with Crippen LogP contribution in [-0.4, -0.2) is 7.11 Å². The molecular weight excluding hydrogens is 258 g/mol. The van der Waals surface area contributed by atoms with Gasteiger partial charge in [0.1, 0.15) is 5.75 Å². The first-order valence-corrected chi connectivity index (χ1v) is 7.62. The average molecular weight is 281 g/mol. The van der Waals surface area contributed by atoms with E-state index in [-0.39, 0.29) is 5.54 Å². The lowest BCUT2D eigenvalue weighted by Gasteiger charge is -2.26.